The number of nitrogens with zero attached hydrogens (tertiary/aromatic N) is 4. The molecule has 0 spiro atoms. The average molecular weight is 256 g/mol. The zero-order chi connectivity index (χ0) is 12.3. The molecule has 0 saturated heterocycles. The Kier molecular flexibility index (Phi) is 3.72. The van der Waals surface area contributed by atoms with Crippen LogP contribution in [0.3, 0.4) is 0 Å². The lowest BCUT2D eigenvalue weighted by atomic mass is 10.2. The van der Waals surface area contributed by atoms with Crippen LogP contribution < -0.4 is 11.3 Å². The van der Waals surface area contributed by atoms with E-state index in [0.29, 0.717) is 10.8 Å². The molecule has 2 aromatic heterocycles. The number of halogens is 1. The van der Waals surface area contributed by atoms with E-state index in [0.717, 1.165) is 18.7 Å². The third-order valence-corrected chi connectivity index (χ3v) is 2.71. The maximum absolute atomic E-state index is 6.13. The second-order valence-corrected chi connectivity index (χ2v) is 3.98. The highest BCUT2D eigenvalue weighted by Gasteiger charge is 2.23. The molecular formula is C9H14ClN7. The molecule has 0 amide bonds. The van der Waals surface area contributed by atoms with E-state index in [4.69, 9.17) is 17.4 Å². The Balaban J connectivity index is 2.39. The van der Waals surface area contributed by atoms with Crippen molar-refractivity contribution in [1.82, 2.24) is 30.4 Å². The van der Waals surface area contributed by atoms with Gasteiger partial charge in [0, 0.05) is 6.54 Å². The van der Waals surface area contributed by atoms with Gasteiger partial charge in [-0.05, 0) is 6.42 Å². The van der Waals surface area contributed by atoms with Gasteiger partial charge in [0.2, 0.25) is 0 Å². The second kappa shape index (κ2) is 5.26. The molecule has 8 heteroatoms. The minimum atomic E-state index is -0.348. The number of H-pyrrole nitrogens is 1. The van der Waals surface area contributed by atoms with Gasteiger partial charge in [0.25, 0.3) is 0 Å². The lowest BCUT2D eigenvalue weighted by molar-refractivity contribution is 0.508. The molecule has 0 aromatic carbocycles. The van der Waals surface area contributed by atoms with Gasteiger partial charge in [0.05, 0.1) is 16.9 Å². The topological polar surface area (TPSA) is 97.4 Å². The molecule has 0 aliphatic carbocycles. The number of aromatic nitrogens is 5. The van der Waals surface area contributed by atoms with Crippen LogP contribution in [0.25, 0.3) is 0 Å². The Morgan fingerprint density at radius 3 is 3.06 bits per heavy atom. The maximum Gasteiger partial charge on any atom is 0.148 e. The number of aryl methyl sites for hydroxylation is 1. The average Bonchev–Trinajstić information content (AvgIpc) is 2.94. The predicted molar refractivity (Wildman–Crippen MR) is 63.1 cm³/mol. The van der Waals surface area contributed by atoms with E-state index in [-0.39, 0.29) is 6.04 Å². The van der Waals surface area contributed by atoms with Crippen molar-refractivity contribution in [3.05, 3.63) is 29.1 Å². The van der Waals surface area contributed by atoms with Gasteiger partial charge in [0.1, 0.15) is 18.2 Å². The van der Waals surface area contributed by atoms with Crippen LogP contribution in [0, 0.1) is 0 Å². The van der Waals surface area contributed by atoms with Crippen molar-refractivity contribution < 1.29 is 0 Å². The third kappa shape index (κ3) is 2.31. The molecule has 1 atom stereocenters. The van der Waals surface area contributed by atoms with Gasteiger partial charge in [0.15, 0.2) is 0 Å². The molecule has 2 rings (SSSR count). The van der Waals surface area contributed by atoms with E-state index in [1.165, 1.54) is 6.33 Å². The van der Waals surface area contributed by atoms with Crippen molar-refractivity contribution in [2.45, 2.75) is 25.9 Å². The Bertz CT molecular complexity index is 464. The maximum atomic E-state index is 6.13. The summed E-state index contributed by atoms with van der Waals surface area (Å²) in [5, 5.41) is 11.3. The molecule has 0 saturated carbocycles. The fourth-order valence-electron chi connectivity index (χ4n) is 1.69. The second-order valence-electron chi connectivity index (χ2n) is 3.57. The molecule has 0 fully saturated rings. The van der Waals surface area contributed by atoms with Gasteiger partial charge in [-0.1, -0.05) is 18.5 Å². The van der Waals surface area contributed by atoms with E-state index in [1.54, 1.807) is 6.20 Å². The van der Waals surface area contributed by atoms with E-state index in [1.807, 2.05) is 4.68 Å². The van der Waals surface area contributed by atoms with Crippen LogP contribution in [0.1, 0.15) is 30.9 Å². The predicted octanol–water partition coefficient (Wildman–Crippen LogP) is 0.617. The van der Waals surface area contributed by atoms with Crippen molar-refractivity contribution in [3.63, 3.8) is 0 Å². The summed E-state index contributed by atoms with van der Waals surface area (Å²) in [5.74, 6) is 6.16. The van der Waals surface area contributed by atoms with Crippen LogP contribution in [0.5, 0.6) is 0 Å². The standard InChI is InChI=1S/C9H14ClN7/c1-2-3-17-8(6(10)4-14-17)7(15-11)9-12-5-13-16-9/h4-5,7,15H,2-3,11H2,1H3,(H,12,13,16). The highest BCUT2D eigenvalue weighted by Crippen LogP contribution is 2.25. The van der Waals surface area contributed by atoms with Gasteiger partial charge in [-0.3, -0.25) is 15.6 Å². The molecule has 4 N–H and O–H groups in total. The number of hydrogen-bond acceptors (Lipinski definition) is 5. The highest BCUT2D eigenvalue weighted by atomic mass is 35.5. The smallest absolute Gasteiger partial charge is 0.148 e. The fraction of sp³-hybridized carbons (Fsp3) is 0.444. The van der Waals surface area contributed by atoms with Crippen molar-refractivity contribution in [2.24, 2.45) is 5.84 Å². The molecule has 2 aromatic rings. The van der Waals surface area contributed by atoms with E-state index in [2.05, 4.69) is 32.6 Å². The summed E-state index contributed by atoms with van der Waals surface area (Å²) in [6, 6.07) is -0.348. The highest BCUT2D eigenvalue weighted by molar-refractivity contribution is 6.31. The molecule has 0 radical (unpaired) electrons. The minimum Gasteiger partial charge on any atom is -0.270 e. The van der Waals surface area contributed by atoms with Gasteiger partial charge < -0.3 is 0 Å². The van der Waals surface area contributed by atoms with E-state index in [9.17, 15) is 0 Å². The van der Waals surface area contributed by atoms with Gasteiger partial charge in [-0.15, -0.1) is 0 Å². The molecule has 1 unspecified atom stereocenters. The SMILES string of the molecule is CCCn1ncc(Cl)c1C(NN)c1ncn[nH]1. The fourth-order valence-corrected chi connectivity index (χ4v) is 1.94. The quantitative estimate of drug-likeness (QED) is 0.537. The molecule has 7 nitrogen and oxygen atoms in total. The van der Waals surface area contributed by atoms with Crippen molar-refractivity contribution in [3.8, 4) is 0 Å². The number of nitrogens with two attached hydrogens (primary N) is 1. The monoisotopic (exact) mass is 255 g/mol. The van der Waals surface area contributed by atoms with Crippen molar-refractivity contribution >= 4 is 11.6 Å². The number of rotatable bonds is 5. The molecular weight excluding hydrogens is 242 g/mol. The van der Waals surface area contributed by atoms with E-state index < -0.39 is 0 Å². The third-order valence-electron chi connectivity index (χ3n) is 2.42. The summed E-state index contributed by atoms with van der Waals surface area (Å²) >= 11 is 6.13. The Labute approximate surface area is 103 Å². The van der Waals surface area contributed by atoms with Crippen LogP contribution in [0.2, 0.25) is 5.02 Å². The number of aromatic amines is 1. The van der Waals surface area contributed by atoms with Crippen molar-refractivity contribution in [1.29, 1.82) is 0 Å². The summed E-state index contributed by atoms with van der Waals surface area (Å²) < 4.78 is 1.81. The Hall–Kier alpha value is -1.44. The molecule has 0 aliphatic rings. The van der Waals surface area contributed by atoms with E-state index >= 15 is 0 Å². The van der Waals surface area contributed by atoms with Crippen LogP contribution in [0.4, 0.5) is 0 Å². The van der Waals surface area contributed by atoms with Crippen LogP contribution in [0.15, 0.2) is 12.5 Å². The summed E-state index contributed by atoms with van der Waals surface area (Å²) in [4.78, 5) is 4.08. The first-order valence-electron chi connectivity index (χ1n) is 5.30. The van der Waals surface area contributed by atoms with Crippen LogP contribution in [-0.4, -0.2) is 25.0 Å². The summed E-state index contributed by atoms with van der Waals surface area (Å²) in [6.45, 7) is 2.84. The normalized spacial score (nSPS) is 12.9. The number of hydrazine groups is 1. The van der Waals surface area contributed by atoms with Crippen molar-refractivity contribution in [2.75, 3.05) is 0 Å². The summed E-state index contributed by atoms with van der Waals surface area (Å²) in [7, 11) is 0. The van der Waals surface area contributed by atoms with Gasteiger partial charge in [-0.25, -0.2) is 10.4 Å². The molecule has 92 valence electrons. The Morgan fingerprint density at radius 1 is 1.65 bits per heavy atom. The van der Waals surface area contributed by atoms with Gasteiger partial charge >= 0.3 is 0 Å². The van der Waals surface area contributed by atoms with Crippen LogP contribution >= 0.6 is 11.6 Å². The minimum absolute atomic E-state index is 0.348. The number of hydrogen-bond donors (Lipinski definition) is 3. The molecule has 0 bridgehead atoms. The molecule has 17 heavy (non-hydrogen) atoms. The lowest BCUT2D eigenvalue weighted by Crippen LogP contribution is -2.31. The number of nitrogens with one attached hydrogen (secondary N) is 2. The summed E-state index contributed by atoms with van der Waals surface area (Å²) in [6.07, 6.45) is 3.99. The lowest BCUT2D eigenvalue weighted by Gasteiger charge is -2.15. The first-order chi connectivity index (χ1) is 8.27. The largest absolute Gasteiger partial charge is 0.270 e. The molecule has 2 heterocycles. The van der Waals surface area contributed by atoms with Gasteiger partial charge in [-0.2, -0.15) is 10.2 Å². The first kappa shape index (κ1) is 12.0. The van der Waals surface area contributed by atoms with Crippen LogP contribution in [-0.2, 0) is 6.54 Å². The first-order valence-corrected chi connectivity index (χ1v) is 5.68. The summed E-state index contributed by atoms with van der Waals surface area (Å²) in [5.41, 5.74) is 3.45. The Morgan fingerprint density at radius 2 is 2.47 bits per heavy atom. The zero-order valence-electron chi connectivity index (χ0n) is 9.39. The molecule has 0 aliphatic heterocycles. The zero-order valence-corrected chi connectivity index (χ0v) is 10.1.